The van der Waals surface area contributed by atoms with Crippen LogP contribution in [0.2, 0.25) is 0 Å². The third-order valence-electron chi connectivity index (χ3n) is 1.76. The van der Waals surface area contributed by atoms with Crippen LogP contribution >= 0.6 is 22.6 Å². The summed E-state index contributed by atoms with van der Waals surface area (Å²) in [6, 6.07) is 1.83. The maximum Gasteiger partial charge on any atom is 0.185 e. The van der Waals surface area contributed by atoms with E-state index in [2.05, 4.69) is 27.7 Å². The van der Waals surface area contributed by atoms with Gasteiger partial charge in [-0.1, -0.05) is 5.16 Å². The summed E-state index contributed by atoms with van der Waals surface area (Å²) in [6.07, 6.45) is 1.61. The van der Waals surface area contributed by atoms with Gasteiger partial charge in [-0.3, -0.25) is 0 Å². The highest BCUT2D eigenvalue weighted by atomic mass is 127. The van der Waals surface area contributed by atoms with E-state index in [0.29, 0.717) is 11.6 Å². The molecule has 2 rings (SSSR count). The fraction of sp³-hybridized carbons (Fsp3) is 0.125. The second-order valence-electron chi connectivity index (χ2n) is 2.60. The molecule has 2 aromatic heterocycles. The molecule has 0 aromatic carbocycles. The molecule has 0 saturated heterocycles. The maximum atomic E-state index is 5.55. The van der Waals surface area contributed by atoms with Gasteiger partial charge in [0, 0.05) is 0 Å². The van der Waals surface area contributed by atoms with Crippen molar-refractivity contribution in [3.8, 4) is 11.3 Å². The average Bonchev–Trinajstić information content (AvgIpc) is 2.62. The summed E-state index contributed by atoms with van der Waals surface area (Å²) in [7, 11) is 0. The molecule has 2 N–H and O–H groups in total. The first-order valence-corrected chi connectivity index (χ1v) is 4.73. The predicted molar refractivity (Wildman–Crippen MR) is 56.1 cm³/mol. The number of furan rings is 1. The van der Waals surface area contributed by atoms with Crippen molar-refractivity contribution < 1.29 is 8.94 Å². The number of nitrogens with two attached hydrogens (primary N) is 1. The van der Waals surface area contributed by atoms with Gasteiger partial charge in [0.2, 0.25) is 0 Å². The van der Waals surface area contributed by atoms with Crippen molar-refractivity contribution in [3.63, 3.8) is 0 Å². The summed E-state index contributed by atoms with van der Waals surface area (Å²) >= 11 is 2.09. The lowest BCUT2D eigenvalue weighted by molar-refractivity contribution is 0.433. The topological polar surface area (TPSA) is 65.2 Å². The maximum absolute atomic E-state index is 5.55. The zero-order valence-electron chi connectivity index (χ0n) is 6.87. The van der Waals surface area contributed by atoms with Crippen LogP contribution < -0.4 is 5.73 Å². The molecule has 0 bridgehead atoms. The van der Waals surface area contributed by atoms with E-state index in [1.807, 2.05) is 13.0 Å². The first-order valence-electron chi connectivity index (χ1n) is 3.65. The average molecular weight is 290 g/mol. The van der Waals surface area contributed by atoms with Gasteiger partial charge >= 0.3 is 0 Å². The Morgan fingerprint density at radius 3 is 2.77 bits per heavy atom. The summed E-state index contributed by atoms with van der Waals surface area (Å²) in [5.41, 5.74) is 6.45. The molecule has 0 radical (unpaired) electrons. The van der Waals surface area contributed by atoms with Crippen LogP contribution in [0.5, 0.6) is 0 Å². The highest BCUT2D eigenvalue weighted by molar-refractivity contribution is 14.1. The fourth-order valence-corrected chi connectivity index (χ4v) is 1.57. The minimum absolute atomic E-state index is 0.413. The summed E-state index contributed by atoms with van der Waals surface area (Å²) < 4.78 is 11.1. The monoisotopic (exact) mass is 290 g/mol. The van der Waals surface area contributed by atoms with Gasteiger partial charge in [-0.05, 0) is 35.6 Å². The van der Waals surface area contributed by atoms with Crippen molar-refractivity contribution in [2.75, 3.05) is 5.73 Å². The zero-order chi connectivity index (χ0) is 9.42. The highest BCUT2D eigenvalue weighted by Crippen LogP contribution is 2.31. The molecule has 68 valence electrons. The van der Waals surface area contributed by atoms with Gasteiger partial charge in [-0.2, -0.15) is 0 Å². The molecule has 0 amide bonds. The van der Waals surface area contributed by atoms with E-state index in [-0.39, 0.29) is 0 Å². The molecule has 0 aliphatic carbocycles. The number of hydrogen-bond acceptors (Lipinski definition) is 4. The Kier molecular flexibility index (Phi) is 2.03. The first kappa shape index (κ1) is 8.61. The van der Waals surface area contributed by atoms with E-state index in [1.54, 1.807) is 6.26 Å². The van der Waals surface area contributed by atoms with Gasteiger partial charge < -0.3 is 14.7 Å². The first-order chi connectivity index (χ1) is 6.20. The van der Waals surface area contributed by atoms with Crippen molar-refractivity contribution in [2.45, 2.75) is 6.92 Å². The second kappa shape index (κ2) is 3.06. The normalized spacial score (nSPS) is 10.6. The lowest BCUT2D eigenvalue weighted by Crippen LogP contribution is -1.86. The standard InChI is InChI=1S/C8H7IN2O2/c1-4-5(2-3-12-4)7-6(9)8(10)11-13-7/h2-3H,1H3,(H2,10,11). The van der Waals surface area contributed by atoms with Crippen molar-refractivity contribution in [2.24, 2.45) is 0 Å². The molecule has 5 heteroatoms. The van der Waals surface area contributed by atoms with Crippen LogP contribution in [-0.2, 0) is 0 Å². The van der Waals surface area contributed by atoms with Crippen LogP contribution in [0.15, 0.2) is 21.3 Å². The highest BCUT2D eigenvalue weighted by Gasteiger charge is 2.16. The van der Waals surface area contributed by atoms with Gasteiger partial charge in [-0.15, -0.1) is 0 Å². The summed E-state index contributed by atoms with van der Waals surface area (Å²) in [4.78, 5) is 0. The predicted octanol–water partition coefficient (Wildman–Crippen LogP) is 2.43. The Bertz CT molecular complexity index is 433. The van der Waals surface area contributed by atoms with Crippen LogP contribution in [0.25, 0.3) is 11.3 Å². The Morgan fingerprint density at radius 1 is 1.54 bits per heavy atom. The molecule has 0 unspecified atom stereocenters. The molecular formula is C8H7IN2O2. The summed E-state index contributed by atoms with van der Waals surface area (Å²) in [5.74, 6) is 1.88. The van der Waals surface area contributed by atoms with E-state index in [4.69, 9.17) is 14.7 Å². The number of nitrogens with zero attached hydrogens (tertiary/aromatic N) is 1. The van der Waals surface area contributed by atoms with Crippen molar-refractivity contribution in [1.82, 2.24) is 5.16 Å². The van der Waals surface area contributed by atoms with Gasteiger partial charge in [-0.25, -0.2) is 0 Å². The molecule has 4 nitrogen and oxygen atoms in total. The van der Waals surface area contributed by atoms with Crippen molar-refractivity contribution in [1.29, 1.82) is 0 Å². The van der Waals surface area contributed by atoms with Crippen molar-refractivity contribution in [3.05, 3.63) is 21.7 Å². The summed E-state index contributed by atoms with van der Waals surface area (Å²) in [6.45, 7) is 1.87. The third kappa shape index (κ3) is 1.32. The molecule has 0 spiro atoms. The third-order valence-corrected chi connectivity index (χ3v) is 2.81. The minimum Gasteiger partial charge on any atom is -0.469 e. The Balaban J connectivity index is 2.59. The number of aryl methyl sites for hydroxylation is 1. The number of hydrogen-bond donors (Lipinski definition) is 1. The van der Waals surface area contributed by atoms with Gasteiger partial charge in [0.1, 0.15) is 9.33 Å². The van der Waals surface area contributed by atoms with E-state index in [0.717, 1.165) is 14.9 Å². The van der Waals surface area contributed by atoms with E-state index >= 15 is 0 Å². The SMILES string of the molecule is Cc1occc1-c1onc(N)c1I. The van der Waals surface area contributed by atoms with Gasteiger partial charge in [0.25, 0.3) is 0 Å². The van der Waals surface area contributed by atoms with E-state index in [1.165, 1.54) is 0 Å². The molecule has 2 heterocycles. The van der Waals surface area contributed by atoms with Crippen LogP contribution in [0.4, 0.5) is 5.82 Å². The molecule has 0 fully saturated rings. The molecule has 13 heavy (non-hydrogen) atoms. The second-order valence-corrected chi connectivity index (χ2v) is 3.68. The van der Waals surface area contributed by atoms with E-state index in [9.17, 15) is 0 Å². The number of nitrogen functional groups attached to an aromatic ring is 1. The van der Waals surface area contributed by atoms with Gasteiger partial charge in [0.05, 0.1) is 11.8 Å². The van der Waals surface area contributed by atoms with Crippen LogP contribution in [0.1, 0.15) is 5.76 Å². The number of anilines is 1. The molecule has 0 aliphatic heterocycles. The summed E-state index contributed by atoms with van der Waals surface area (Å²) in [5, 5.41) is 3.67. The smallest absolute Gasteiger partial charge is 0.185 e. The van der Waals surface area contributed by atoms with E-state index < -0.39 is 0 Å². The number of rotatable bonds is 1. The molecule has 0 saturated carbocycles. The molecule has 0 atom stereocenters. The number of halogens is 1. The Hall–Kier alpha value is -0.980. The lowest BCUT2D eigenvalue weighted by Gasteiger charge is -1.91. The van der Waals surface area contributed by atoms with Crippen LogP contribution in [-0.4, -0.2) is 5.16 Å². The molecular weight excluding hydrogens is 283 g/mol. The largest absolute Gasteiger partial charge is 0.469 e. The lowest BCUT2D eigenvalue weighted by atomic mass is 10.2. The Morgan fingerprint density at radius 2 is 2.31 bits per heavy atom. The molecule has 0 aliphatic rings. The minimum atomic E-state index is 0.413. The number of aromatic nitrogens is 1. The Labute approximate surface area is 88.2 Å². The molecule has 2 aromatic rings. The van der Waals surface area contributed by atoms with Crippen molar-refractivity contribution >= 4 is 28.4 Å². The fourth-order valence-electron chi connectivity index (χ4n) is 1.08. The van der Waals surface area contributed by atoms with Crippen LogP contribution in [0, 0.1) is 10.5 Å². The van der Waals surface area contributed by atoms with Crippen LogP contribution in [0.3, 0.4) is 0 Å². The zero-order valence-corrected chi connectivity index (χ0v) is 9.03. The van der Waals surface area contributed by atoms with Gasteiger partial charge in [0.15, 0.2) is 11.6 Å². The quantitative estimate of drug-likeness (QED) is 0.819.